The summed E-state index contributed by atoms with van der Waals surface area (Å²) in [4.78, 5) is 0.798. The lowest BCUT2D eigenvalue weighted by atomic mass is 10.1. The lowest BCUT2D eigenvalue weighted by Crippen LogP contribution is -1.99. The first-order valence-corrected chi connectivity index (χ1v) is 8.68. The molecule has 1 nitrogen and oxygen atoms in total. The third kappa shape index (κ3) is 2.93. The minimum Gasteiger partial charge on any atom is -0.383 e. The number of hydrogen-bond donors (Lipinski definition) is 1. The number of aliphatic hydroxyl groups is 1. The van der Waals surface area contributed by atoms with Gasteiger partial charge in [-0.2, -0.15) is 0 Å². The summed E-state index contributed by atoms with van der Waals surface area (Å²) in [5.74, 6) is -0.260. The minimum atomic E-state index is -0.739. The van der Waals surface area contributed by atoms with Crippen molar-refractivity contribution in [2.75, 3.05) is 0 Å². The van der Waals surface area contributed by atoms with Gasteiger partial charge >= 0.3 is 0 Å². The van der Waals surface area contributed by atoms with E-state index in [0.717, 1.165) is 35.0 Å². The van der Waals surface area contributed by atoms with Gasteiger partial charge in [-0.1, -0.05) is 37.9 Å². The van der Waals surface area contributed by atoms with Crippen molar-refractivity contribution in [2.45, 2.75) is 13.0 Å². The van der Waals surface area contributed by atoms with Gasteiger partial charge in [0.15, 0.2) is 0 Å². The molecule has 0 aliphatic carbocycles. The van der Waals surface area contributed by atoms with Gasteiger partial charge in [-0.05, 0) is 48.2 Å². The van der Waals surface area contributed by atoms with Crippen molar-refractivity contribution in [2.24, 2.45) is 0 Å². The molecule has 1 heterocycles. The Kier molecular flexibility index (Phi) is 4.19. The summed E-state index contributed by atoms with van der Waals surface area (Å²) < 4.78 is 15.9. The van der Waals surface area contributed by atoms with Crippen LogP contribution in [0.5, 0.6) is 0 Å². The van der Waals surface area contributed by atoms with Crippen molar-refractivity contribution in [3.05, 3.63) is 67.2 Å². The molecular weight excluding hydrogens is 419 g/mol. The Hall–Kier alpha value is -0.750. The van der Waals surface area contributed by atoms with Crippen molar-refractivity contribution in [1.29, 1.82) is 0 Å². The lowest BCUT2D eigenvalue weighted by Gasteiger charge is -2.13. The molecule has 0 fully saturated rings. The fourth-order valence-electron chi connectivity index (χ4n) is 2.18. The number of thiophene rings is 1. The van der Waals surface area contributed by atoms with Crippen molar-refractivity contribution >= 4 is 53.3 Å². The summed E-state index contributed by atoms with van der Waals surface area (Å²) in [6.07, 6.45) is -0.739. The number of benzene rings is 2. The molecule has 0 aliphatic heterocycles. The number of halogens is 3. The Morgan fingerprint density at radius 3 is 2.62 bits per heavy atom. The van der Waals surface area contributed by atoms with E-state index in [-0.39, 0.29) is 5.82 Å². The largest absolute Gasteiger partial charge is 0.383 e. The Bertz CT molecular complexity index is 829. The van der Waals surface area contributed by atoms with E-state index >= 15 is 0 Å². The predicted octanol–water partition coefficient (Wildman–Crippen LogP) is 5.96. The summed E-state index contributed by atoms with van der Waals surface area (Å²) in [6.45, 7) is 1.99. The molecular formula is C16H11Br2FOS. The van der Waals surface area contributed by atoms with E-state index in [9.17, 15) is 9.50 Å². The SMILES string of the molecule is Cc1cc(Br)c(C(O)c2cc3ccc(F)cc3s2)cc1Br. The maximum absolute atomic E-state index is 13.3. The van der Waals surface area contributed by atoms with Crippen molar-refractivity contribution < 1.29 is 9.50 Å². The average molecular weight is 430 g/mol. The zero-order chi connectivity index (χ0) is 15.1. The maximum Gasteiger partial charge on any atom is 0.124 e. The molecule has 0 saturated heterocycles. The van der Waals surface area contributed by atoms with Crippen molar-refractivity contribution in [3.63, 3.8) is 0 Å². The van der Waals surface area contributed by atoms with Gasteiger partial charge in [0.05, 0.1) is 0 Å². The fourth-order valence-corrected chi connectivity index (χ4v) is 4.32. The van der Waals surface area contributed by atoms with Crippen LogP contribution in [0.4, 0.5) is 4.39 Å². The van der Waals surface area contributed by atoms with Gasteiger partial charge in [0.25, 0.3) is 0 Å². The van der Waals surface area contributed by atoms with Crippen LogP contribution < -0.4 is 0 Å². The number of fused-ring (bicyclic) bond motifs is 1. The second-order valence-electron chi connectivity index (χ2n) is 4.86. The Balaban J connectivity index is 2.07. The summed E-state index contributed by atoms with van der Waals surface area (Å²) in [6, 6.07) is 10.5. The second kappa shape index (κ2) is 5.80. The molecule has 1 N–H and O–H groups in total. The van der Waals surface area contributed by atoms with Crippen LogP contribution in [-0.4, -0.2) is 5.11 Å². The van der Waals surface area contributed by atoms with Crippen LogP contribution in [0.1, 0.15) is 22.1 Å². The van der Waals surface area contributed by atoms with Gasteiger partial charge < -0.3 is 5.11 Å². The molecule has 1 aromatic heterocycles. The zero-order valence-corrected chi connectivity index (χ0v) is 15.0. The highest BCUT2D eigenvalue weighted by atomic mass is 79.9. The number of hydrogen-bond acceptors (Lipinski definition) is 2. The molecule has 1 unspecified atom stereocenters. The first kappa shape index (κ1) is 15.2. The van der Waals surface area contributed by atoms with Crippen molar-refractivity contribution in [3.8, 4) is 0 Å². The number of aryl methyl sites for hydroxylation is 1. The van der Waals surface area contributed by atoms with E-state index in [1.54, 1.807) is 6.07 Å². The summed E-state index contributed by atoms with van der Waals surface area (Å²) in [5.41, 5.74) is 1.88. The van der Waals surface area contributed by atoms with Crippen LogP contribution in [-0.2, 0) is 0 Å². The Labute approximate surface area is 142 Å². The fraction of sp³-hybridized carbons (Fsp3) is 0.125. The molecule has 108 valence electrons. The van der Waals surface area contributed by atoms with E-state index in [2.05, 4.69) is 31.9 Å². The summed E-state index contributed by atoms with van der Waals surface area (Å²) >= 11 is 8.39. The number of rotatable bonds is 2. The van der Waals surface area contributed by atoms with Crippen LogP contribution in [0.2, 0.25) is 0 Å². The molecule has 1 atom stereocenters. The lowest BCUT2D eigenvalue weighted by molar-refractivity contribution is 0.223. The normalized spacial score (nSPS) is 12.8. The van der Waals surface area contributed by atoms with E-state index in [1.807, 2.05) is 25.1 Å². The highest BCUT2D eigenvalue weighted by molar-refractivity contribution is 9.11. The van der Waals surface area contributed by atoms with Gasteiger partial charge in [-0.3, -0.25) is 0 Å². The summed E-state index contributed by atoms with van der Waals surface area (Å²) in [7, 11) is 0. The standard InChI is InChI=1S/C16H11Br2FOS/c1-8-4-13(18)11(7-12(8)17)16(20)15-5-9-2-3-10(19)6-14(9)21-15/h2-7,16,20H,1H3. The van der Waals surface area contributed by atoms with Crippen LogP contribution in [0.3, 0.4) is 0 Å². The quantitative estimate of drug-likeness (QED) is 0.533. The summed E-state index contributed by atoms with van der Waals surface area (Å²) in [5, 5.41) is 11.6. The highest BCUT2D eigenvalue weighted by Crippen LogP contribution is 2.37. The molecule has 21 heavy (non-hydrogen) atoms. The maximum atomic E-state index is 13.3. The van der Waals surface area contributed by atoms with E-state index in [1.165, 1.54) is 23.5 Å². The molecule has 0 aliphatic rings. The highest BCUT2D eigenvalue weighted by Gasteiger charge is 2.18. The molecule has 0 spiro atoms. The van der Waals surface area contributed by atoms with Crippen LogP contribution >= 0.6 is 43.2 Å². The van der Waals surface area contributed by atoms with Crippen LogP contribution in [0, 0.1) is 12.7 Å². The topological polar surface area (TPSA) is 20.2 Å². The van der Waals surface area contributed by atoms with E-state index in [4.69, 9.17) is 0 Å². The van der Waals surface area contributed by atoms with Gasteiger partial charge in [0.2, 0.25) is 0 Å². The van der Waals surface area contributed by atoms with Gasteiger partial charge in [0, 0.05) is 24.1 Å². The Morgan fingerprint density at radius 1 is 1.10 bits per heavy atom. The molecule has 0 saturated carbocycles. The molecule has 5 heteroatoms. The first-order valence-electron chi connectivity index (χ1n) is 6.28. The minimum absolute atomic E-state index is 0.260. The van der Waals surface area contributed by atoms with Crippen LogP contribution in [0.25, 0.3) is 10.1 Å². The zero-order valence-electron chi connectivity index (χ0n) is 11.0. The molecule has 0 amide bonds. The Morgan fingerprint density at radius 2 is 1.86 bits per heavy atom. The van der Waals surface area contributed by atoms with Crippen LogP contribution in [0.15, 0.2) is 45.3 Å². The smallest absolute Gasteiger partial charge is 0.124 e. The van der Waals surface area contributed by atoms with Gasteiger partial charge in [-0.15, -0.1) is 11.3 Å². The molecule has 3 aromatic rings. The molecule has 2 aromatic carbocycles. The third-order valence-electron chi connectivity index (χ3n) is 3.34. The third-order valence-corrected chi connectivity index (χ3v) is 6.03. The average Bonchev–Trinajstić information content (AvgIpc) is 2.85. The van der Waals surface area contributed by atoms with E-state index < -0.39 is 6.10 Å². The monoisotopic (exact) mass is 428 g/mol. The first-order chi connectivity index (χ1) is 9.95. The number of aliphatic hydroxyl groups excluding tert-OH is 1. The van der Waals surface area contributed by atoms with Gasteiger partial charge in [0.1, 0.15) is 11.9 Å². The van der Waals surface area contributed by atoms with E-state index in [0.29, 0.717) is 0 Å². The van der Waals surface area contributed by atoms with Crippen molar-refractivity contribution in [1.82, 2.24) is 0 Å². The molecule has 0 radical (unpaired) electrons. The predicted molar refractivity (Wildman–Crippen MR) is 92.4 cm³/mol. The van der Waals surface area contributed by atoms with Gasteiger partial charge in [-0.25, -0.2) is 4.39 Å². The molecule has 0 bridgehead atoms. The molecule has 3 rings (SSSR count). The second-order valence-corrected chi connectivity index (χ2v) is 7.68.